The topological polar surface area (TPSA) is 75.7 Å². The Hall–Kier alpha value is -2.15. The van der Waals surface area contributed by atoms with Gasteiger partial charge in [-0.3, -0.25) is 4.98 Å². The van der Waals surface area contributed by atoms with Crippen molar-refractivity contribution in [1.29, 1.82) is 0 Å². The molecule has 2 N–H and O–H groups in total. The predicted octanol–water partition coefficient (Wildman–Crippen LogP) is 2.92. The zero-order chi connectivity index (χ0) is 16.8. The first-order chi connectivity index (χ1) is 11.7. The second-order valence-electron chi connectivity index (χ2n) is 5.68. The Morgan fingerprint density at radius 1 is 1.33 bits per heavy atom. The minimum atomic E-state index is -0.723. The number of aliphatic hydroxyl groups is 1. The van der Waals surface area contributed by atoms with Crippen molar-refractivity contribution in [2.75, 3.05) is 0 Å². The summed E-state index contributed by atoms with van der Waals surface area (Å²) >= 11 is 0. The number of hydrogen-bond donors (Lipinski definition) is 2. The van der Waals surface area contributed by atoms with Crippen LogP contribution >= 0.6 is 0 Å². The first kappa shape index (κ1) is 16.7. The van der Waals surface area contributed by atoms with Crippen LogP contribution in [-0.4, -0.2) is 28.3 Å². The zero-order valence-corrected chi connectivity index (χ0v) is 13.3. The van der Waals surface area contributed by atoms with Gasteiger partial charge in [-0.15, -0.1) is 0 Å². The predicted molar refractivity (Wildman–Crippen MR) is 92.8 cm³/mol. The van der Waals surface area contributed by atoms with Crippen LogP contribution in [0.4, 0.5) is 0 Å². The van der Waals surface area contributed by atoms with Crippen LogP contribution in [0.1, 0.15) is 30.1 Å². The lowest BCUT2D eigenvalue weighted by atomic mass is 9.82. The molecule has 0 unspecified atom stereocenters. The third-order valence-corrected chi connectivity index (χ3v) is 3.87. The van der Waals surface area contributed by atoms with E-state index < -0.39 is 7.12 Å². The van der Waals surface area contributed by atoms with E-state index in [9.17, 15) is 5.02 Å². The maximum absolute atomic E-state index is 9.59. The molecule has 0 aliphatic carbocycles. The molecule has 2 aromatic rings. The number of rotatable bonds is 6. The average Bonchev–Trinajstić information content (AvgIpc) is 3.07. The van der Waals surface area contributed by atoms with Gasteiger partial charge < -0.3 is 19.2 Å². The highest BCUT2D eigenvalue weighted by Gasteiger charge is 2.21. The second kappa shape index (κ2) is 8.10. The molecular weight excluding hydrogens is 305 g/mol. The number of aliphatic hydroxyl groups excluding tert-OH is 1. The average molecular weight is 325 g/mol. The van der Waals surface area contributed by atoms with Gasteiger partial charge in [-0.2, -0.15) is 0 Å². The molecule has 3 heterocycles. The number of allylic oxidation sites excluding steroid dienone is 2. The van der Waals surface area contributed by atoms with Crippen LogP contribution in [0.15, 0.2) is 53.1 Å². The lowest BCUT2D eigenvalue weighted by Crippen LogP contribution is -2.27. The highest BCUT2D eigenvalue weighted by molar-refractivity contribution is 6.43. The molecule has 5 nitrogen and oxygen atoms in total. The SMILES string of the molecule is OCc1ccc(/C=C(/CC[C@@H]2C=CCB(O)O2)c2ccccn2)o1. The Kier molecular flexibility index (Phi) is 5.64. The van der Waals surface area contributed by atoms with Gasteiger partial charge in [0.1, 0.15) is 18.1 Å². The monoisotopic (exact) mass is 325 g/mol. The summed E-state index contributed by atoms with van der Waals surface area (Å²) in [5.74, 6) is 1.21. The van der Waals surface area contributed by atoms with Gasteiger partial charge in [0.25, 0.3) is 0 Å². The van der Waals surface area contributed by atoms with Crippen molar-refractivity contribution in [3.05, 3.63) is 65.9 Å². The van der Waals surface area contributed by atoms with Gasteiger partial charge in [-0.05, 0) is 48.8 Å². The van der Waals surface area contributed by atoms with Gasteiger partial charge in [0.2, 0.25) is 0 Å². The standard InChI is InChI=1S/C18H20BNO4/c21-13-17-9-8-16(23-17)12-14(18-5-1-2-11-20-18)6-7-15-4-3-10-19(22)24-15/h1-5,8-9,11-12,15,21-22H,6-7,10,13H2/b14-12-/t15-/m0/s1. The van der Waals surface area contributed by atoms with Crippen LogP contribution in [0.3, 0.4) is 0 Å². The molecule has 0 amide bonds. The van der Waals surface area contributed by atoms with Gasteiger partial charge in [-0.25, -0.2) is 0 Å². The fourth-order valence-corrected chi connectivity index (χ4v) is 2.67. The minimum absolute atomic E-state index is 0.106. The van der Waals surface area contributed by atoms with Gasteiger partial charge in [0.05, 0.1) is 11.8 Å². The van der Waals surface area contributed by atoms with Gasteiger partial charge in [-0.1, -0.05) is 18.2 Å². The third-order valence-electron chi connectivity index (χ3n) is 3.87. The Bertz CT molecular complexity index is 711. The number of pyridine rings is 1. The molecule has 6 heteroatoms. The van der Waals surface area contributed by atoms with Crippen molar-refractivity contribution >= 4 is 18.8 Å². The number of aromatic nitrogens is 1. The second-order valence-corrected chi connectivity index (χ2v) is 5.68. The van der Waals surface area contributed by atoms with Crippen LogP contribution < -0.4 is 0 Å². The first-order valence-electron chi connectivity index (χ1n) is 8.06. The van der Waals surface area contributed by atoms with Gasteiger partial charge in [0, 0.05) is 12.5 Å². The molecule has 1 atom stereocenters. The molecule has 0 spiro atoms. The molecule has 0 aromatic carbocycles. The Morgan fingerprint density at radius 3 is 2.96 bits per heavy atom. The van der Waals surface area contributed by atoms with Gasteiger partial charge in [0.15, 0.2) is 0 Å². The lowest BCUT2D eigenvalue weighted by Gasteiger charge is -2.20. The molecule has 1 aliphatic rings. The van der Waals surface area contributed by atoms with Crippen LogP contribution in [0.5, 0.6) is 0 Å². The Morgan fingerprint density at radius 2 is 2.25 bits per heavy atom. The molecule has 0 saturated carbocycles. The normalized spacial score (nSPS) is 18.2. The quantitative estimate of drug-likeness (QED) is 0.631. The maximum atomic E-state index is 9.59. The number of hydrogen-bond acceptors (Lipinski definition) is 5. The molecule has 24 heavy (non-hydrogen) atoms. The Labute approximate surface area is 141 Å². The smallest absolute Gasteiger partial charge is 0.458 e. The van der Waals surface area contributed by atoms with Crippen molar-refractivity contribution in [3.63, 3.8) is 0 Å². The number of furan rings is 1. The van der Waals surface area contributed by atoms with E-state index in [-0.39, 0.29) is 12.7 Å². The van der Waals surface area contributed by atoms with Gasteiger partial charge >= 0.3 is 7.12 Å². The Balaban J connectivity index is 1.77. The van der Waals surface area contributed by atoms with Crippen molar-refractivity contribution in [3.8, 4) is 0 Å². The maximum Gasteiger partial charge on any atom is 0.458 e. The van der Waals surface area contributed by atoms with Crippen LogP contribution in [-0.2, 0) is 11.3 Å². The van der Waals surface area contributed by atoms with Crippen molar-refractivity contribution in [1.82, 2.24) is 4.98 Å². The summed E-state index contributed by atoms with van der Waals surface area (Å²) in [6.45, 7) is -0.120. The van der Waals surface area contributed by atoms with Crippen LogP contribution in [0.25, 0.3) is 11.6 Å². The molecule has 0 fully saturated rings. The molecular formula is C18H20BNO4. The largest absolute Gasteiger partial charge is 0.459 e. The highest BCUT2D eigenvalue weighted by atomic mass is 16.5. The van der Waals surface area contributed by atoms with E-state index in [2.05, 4.69) is 4.98 Å². The van der Waals surface area contributed by atoms with E-state index in [1.165, 1.54) is 0 Å². The molecule has 0 saturated heterocycles. The van der Waals surface area contributed by atoms with E-state index in [1.54, 1.807) is 12.3 Å². The summed E-state index contributed by atoms with van der Waals surface area (Å²) in [5, 5.41) is 18.7. The van der Waals surface area contributed by atoms with E-state index in [1.807, 2.05) is 42.5 Å². The van der Waals surface area contributed by atoms with Crippen molar-refractivity contribution in [2.45, 2.75) is 31.9 Å². The summed E-state index contributed by atoms with van der Waals surface area (Å²) < 4.78 is 11.1. The summed E-state index contributed by atoms with van der Waals surface area (Å²) in [4.78, 5) is 4.41. The van der Waals surface area contributed by atoms with E-state index in [0.29, 0.717) is 17.8 Å². The summed E-state index contributed by atoms with van der Waals surface area (Å²) in [6.07, 6.45) is 9.52. The summed E-state index contributed by atoms with van der Waals surface area (Å²) in [5.41, 5.74) is 1.89. The third kappa shape index (κ3) is 4.44. The fraction of sp³-hybridized carbons (Fsp3) is 0.278. The van der Waals surface area contributed by atoms with E-state index in [4.69, 9.17) is 14.2 Å². The fourth-order valence-electron chi connectivity index (χ4n) is 2.67. The van der Waals surface area contributed by atoms with Crippen molar-refractivity contribution in [2.24, 2.45) is 0 Å². The van der Waals surface area contributed by atoms with Crippen LogP contribution in [0, 0.1) is 0 Å². The first-order valence-corrected chi connectivity index (χ1v) is 8.06. The van der Waals surface area contributed by atoms with E-state index in [0.717, 1.165) is 24.1 Å². The summed E-state index contributed by atoms with van der Waals surface area (Å²) in [6, 6.07) is 9.36. The molecule has 1 aliphatic heterocycles. The van der Waals surface area contributed by atoms with E-state index >= 15 is 0 Å². The zero-order valence-electron chi connectivity index (χ0n) is 13.3. The molecule has 3 rings (SSSR count). The molecule has 0 radical (unpaired) electrons. The lowest BCUT2D eigenvalue weighted by molar-refractivity contribution is 0.193. The molecule has 124 valence electrons. The highest BCUT2D eigenvalue weighted by Crippen LogP contribution is 2.25. The molecule has 2 aromatic heterocycles. The minimum Gasteiger partial charge on any atom is -0.459 e. The summed E-state index contributed by atoms with van der Waals surface area (Å²) in [7, 11) is -0.723. The van der Waals surface area contributed by atoms with Crippen molar-refractivity contribution < 1.29 is 19.2 Å². The van der Waals surface area contributed by atoms with Crippen LogP contribution in [0.2, 0.25) is 6.32 Å². The number of nitrogens with zero attached hydrogens (tertiary/aromatic N) is 1. The molecule has 0 bridgehead atoms.